The molecule has 0 saturated carbocycles. The van der Waals surface area contributed by atoms with E-state index >= 15 is 0 Å². The van der Waals surface area contributed by atoms with Crippen LogP contribution >= 0.6 is 0 Å². The zero-order valence-electron chi connectivity index (χ0n) is 11.4. The summed E-state index contributed by atoms with van der Waals surface area (Å²) in [6.45, 7) is 2.81. The molecule has 20 heavy (non-hydrogen) atoms. The molecule has 0 aliphatic carbocycles. The summed E-state index contributed by atoms with van der Waals surface area (Å²) in [6, 6.07) is -1.19. The van der Waals surface area contributed by atoms with Crippen LogP contribution in [0.3, 0.4) is 0 Å². The van der Waals surface area contributed by atoms with Gasteiger partial charge >= 0.3 is 18.2 Å². The van der Waals surface area contributed by atoms with E-state index in [2.05, 4.69) is 4.74 Å². The van der Waals surface area contributed by atoms with Gasteiger partial charge in [0.2, 0.25) is 5.54 Å². The third kappa shape index (κ3) is 2.44. The van der Waals surface area contributed by atoms with Crippen LogP contribution in [0.2, 0.25) is 0 Å². The number of hydrogen-bond acceptors (Lipinski definition) is 4. The van der Waals surface area contributed by atoms with Gasteiger partial charge in [0.05, 0.1) is 12.5 Å². The fraction of sp³-hybridized carbons (Fsp3) is 0.727. The normalized spacial score (nSPS) is 23.9. The van der Waals surface area contributed by atoms with Crippen LogP contribution in [0.25, 0.3) is 0 Å². The summed E-state index contributed by atoms with van der Waals surface area (Å²) < 4.78 is 43.0. The number of imide groups is 1. The molecule has 1 fully saturated rings. The van der Waals surface area contributed by atoms with Crippen molar-refractivity contribution in [2.45, 2.75) is 32.5 Å². The lowest BCUT2D eigenvalue weighted by Gasteiger charge is -2.27. The number of halogens is 3. The summed E-state index contributed by atoms with van der Waals surface area (Å²) in [5, 5.41) is 1.61. The lowest BCUT2D eigenvalue weighted by Crippen LogP contribution is -2.56. The van der Waals surface area contributed by atoms with Gasteiger partial charge in [-0.05, 0) is 20.8 Å². The van der Waals surface area contributed by atoms with Crippen LogP contribution in [0.5, 0.6) is 0 Å². The first-order valence-corrected chi connectivity index (χ1v) is 5.66. The fourth-order valence-electron chi connectivity index (χ4n) is 1.77. The molecule has 0 spiro atoms. The number of urea groups is 1. The summed E-state index contributed by atoms with van der Waals surface area (Å²) in [5.41, 5.74) is -4.28. The number of ether oxygens (including phenoxy) is 1. The molecule has 6 nitrogen and oxygen atoms in total. The number of carbonyl (C=O) groups is 3. The van der Waals surface area contributed by atoms with Gasteiger partial charge in [-0.3, -0.25) is 14.5 Å². The number of methoxy groups -OCH3 is 1. The van der Waals surface area contributed by atoms with Crippen LogP contribution in [-0.2, 0) is 14.3 Å². The van der Waals surface area contributed by atoms with E-state index in [1.807, 2.05) is 0 Å². The van der Waals surface area contributed by atoms with Crippen molar-refractivity contribution >= 4 is 17.9 Å². The van der Waals surface area contributed by atoms with Gasteiger partial charge in [0.1, 0.15) is 0 Å². The van der Waals surface area contributed by atoms with E-state index < -0.39 is 41.6 Å². The Bertz CT molecular complexity index is 461. The molecule has 1 saturated heterocycles. The smallest absolute Gasteiger partial charge is 0.420 e. The molecule has 3 amide bonds. The van der Waals surface area contributed by atoms with E-state index in [4.69, 9.17) is 0 Å². The van der Waals surface area contributed by atoms with Crippen molar-refractivity contribution in [3.05, 3.63) is 0 Å². The second kappa shape index (κ2) is 4.64. The first-order valence-electron chi connectivity index (χ1n) is 5.66. The number of esters is 1. The van der Waals surface area contributed by atoms with Gasteiger partial charge in [-0.1, -0.05) is 0 Å². The van der Waals surface area contributed by atoms with Crippen molar-refractivity contribution in [3.8, 4) is 0 Å². The first-order chi connectivity index (χ1) is 8.87. The number of carbonyl (C=O) groups excluding carboxylic acids is 3. The van der Waals surface area contributed by atoms with Crippen LogP contribution in [-0.4, -0.2) is 48.2 Å². The number of amides is 3. The quantitative estimate of drug-likeness (QED) is 0.624. The number of alkyl halides is 3. The van der Waals surface area contributed by atoms with Crippen molar-refractivity contribution in [2.24, 2.45) is 5.41 Å². The Balaban J connectivity index is 3.03. The minimum absolute atomic E-state index is 0.379. The Morgan fingerprint density at radius 2 is 1.85 bits per heavy atom. The Morgan fingerprint density at radius 3 is 2.20 bits per heavy atom. The molecule has 1 aliphatic rings. The van der Waals surface area contributed by atoms with Crippen LogP contribution in [0.1, 0.15) is 20.8 Å². The van der Waals surface area contributed by atoms with Crippen molar-refractivity contribution < 1.29 is 32.3 Å². The number of hydrogen-bond donors (Lipinski definition) is 1. The molecule has 9 heteroatoms. The van der Waals surface area contributed by atoms with Gasteiger partial charge in [-0.2, -0.15) is 13.2 Å². The van der Waals surface area contributed by atoms with E-state index in [1.165, 1.54) is 13.8 Å². The van der Waals surface area contributed by atoms with E-state index in [9.17, 15) is 27.6 Å². The summed E-state index contributed by atoms with van der Waals surface area (Å²) in [4.78, 5) is 35.3. The average molecular weight is 296 g/mol. The molecule has 0 aromatic carbocycles. The summed E-state index contributed by atoms with van der Waals surface area (Å²) in [6.07, 6.45) is -4.93. The molecular formula is C11H15F3N2O4. The van der Waals surface area contributed by atoms with Crippen LogP contribution in [0.15, 0.2) is 0 Å². The third-order valence-corrected chi connectivity index (χ3v) is 3.13. The van der Waals surface area contributed by atoms with Gasteiger partial charge in [0, 0.05) is 6.54 Å². The van der Waals surface area contributed by atoms with Gasteiger partial charge in [-0.25, -0.2) is 4.79 Å². The van der Waals surface area contributed by atoms with E-state index in [1.54, 1.807) is 5.32 Å². The topological polar surface area (TPSA) is 75.7 Å². The minimum Gasteiger partial charge on any atom is -0.469 e. The van der Waals surface area contributed by atoms with Gasteiger partial charge < -0.3 is 10.1 Å². The summed E-state index contributed by atoms with van der Waals surface area (Å²) >= 11 is 0. The highest BCUT2D eigenvalue weighted by Gasteiger charge is 2.64. The predicted molar refractivity (Wildman–Crippen MR) is 60.5 cm³/mol. The van der Waals surface area contributed by atoms with Crippen LogP contribution in [0, 0.1) is 5.41 Å². The lowest BCUT2D eigenvalue weighted by atomic mass is 9.92. The Hall–Kier alpha value is -1.80. The number of nitrogens with zero attached hydrogens (tertiary/aromatic N) is 1. The third-order valence-electron chi connectivity index (χ3n) is 3.13. The standard InChI is InChI=1S/C11H15F3N2O4/c1-9(2,7(18)20-4)5-16-6(17)10(3,11(12,13)14)15-8(16)19/h5H2,1-4H3,(H,15,19). The molecule has 0 aromatic heterocycles. The van der Waals surface area contributed by atoms with Crippen molar-refractivity contribution in [3.63, 3.8) is 0 Å². The molecule has 1 atom stereocenters. The Kier molecular flexibility index (Phi) is 3.77. The molecular weight excluding hydrogens is 281 g/mol. The highest BCUT2D eigenvalue weighted by atomic mass is 19.4. The van der Waals surface area contributed by atoms with Crippen LogP contribution < -0.4 is 5.32 Å². The lowest BCUT2D eigenvalue weighted by molar-refractivity contribution is -0.191. The van der Waals surface area contributed by atoms with Gasteiger partial charge in [0.15, 0.2) is 0 Å². The van der Waals surface area contributed by atoms with Gasteiger partial charge in [0.25, 0.3) is 5.91 Å². The second-order valence-electron chi connectivity index (χ2n) is 5.32. The monoisotopic (exact) mass is 296 g/mol. The van der Waals surface area contributed by atoms with E-state index in [0.717, 1.165) is 7.11 Å². The van der Waals surface area contributed by atoms with Crippen molar-refractivity contribution in [1.82, 2.24) is 10.2 Å². The maximum Gasteiger partial charge on any atom is 0.420 e. The zero-order chi connectivity index (χ0) is 15.9. The molecule has 114 valence electrons. The number of rotatable bonds is 3. The first kappa shape index (κ1) is 16.3. The molecule has 1 aliphatic heterocycles. The fourth-order valence-corrected chi connectivity index (χ4v) is 1.77. The van der Waals surface area contributed by atoms with Crippen LogP contribution in [0.4, 0.5) is 18.0 Å². The zero-order valence-corrected chi connectivity index (χ0v) is 11.4. The van der Waals surface area contributed by atoms with E-state index in [0.29, 0.717) is 11.8 Å². The molecule has 1 N–H and O–H groups in total. The van der Waals surface area contributed by atoms with Gasteiger partial charge in [-0.15, -0.1) is 0 Å². The summed E-state index contributed by atoms with van der Waals surface area (Å²) in [7, 11) is 1.11. The molecule has 1 heterocycles. The molecule has 1 rings (SSSR count). The molecule has 0 aromatic rings. The van der Waals surface area contributed by atoms with Crippen molar-refractivity contribution in [1.29, 1.82) is 0 Å². The van der Waals surface area contributed by atoms with E-state index in [-0.39, 0.29) is 0 Å². The maximum absolute atomic E-state index is 12.8. The Labute approximate surface area is 113 Å². The number of nitrogens with one attached hydrogen (secondary N) is 1. The minimum atomic E-state index is -4.93. The average Bonchev–Trinajstić information content (AvgIpc) is 2.52. The second-order valence-corrected chi connectivity index (χ2v) is 5.32. The highest BCUT2D eigenvalue weighted by Crippen LogP contribution is 2.36. The Morgan fingerprint density at radius 1 is 1.35 bits per heavy atom. The van der Waals surface area contributed by atoms with Crippen molar-refractivity contribution in [2.75, 3.05) is 13.7 Å². The SMILES string of the molecule is COC(=O)C(C)(C)CN1C(=O)NC(C)(C(F)(F)F)C1=O. The maximum atomic E-state index is 12.8. The largest absolute Gasteiger partial charge is 0.469 e. The molecule has 0 radical (unpaired) electrons. The molecule has 1 unspecified atom stereocenters. The predicted octanol–water partition coefficient (Wildman–Crippen LogP) is 1.06. The highest BCUT2D eigenvalue weighted by molar-refractivity contribution is 6.07. The molecule has 0 bridgehead atoms. The summed E-state index contributed by atoms with van der Waals surface area (Å²) in [5.74, 6) is -2.18.